The Labute approximate surface area is 144 Å². The van der Waals surface area contributed by atoms with Gasteiger partial charge in [-0.25, -0.2) is 9.59 Å². The number of halogens is 1. The number of ether oxygens (including phenoxy) is 1. The van der Waals surface area contributed by atoms with E-state index < -0.39 is 18.2 Å². The van der Waals surface area contributed by atoms with Crippen LogP contribution >= 0.6 is 11.6 Å². The first-order valence-electron chi connectivity index (χ1n) is 7.46. The molecule has 124 valence electrons. The second-order valence-corrected chi connectivity index (χ2v) is 5.67. The fourth-order valence-corrected chi connectivity index (χ4v) is 2.57. The molecule has 7 heteroatoms. The van der Waals surface area contributed by atoms with E-state index in [0.717, 1.165) is 5.69 Å². The highest BCUT2D eigenvalue weighted by Crippen LogP contribution is 2.21. The van der Waals surface area contributed by atoms with Crippen LogP contribution in [0.4, 0.5) is 21.0 Å². The van der Waals surface area contributed by atoms with Crippen molar-refractivity contribution in [3.05, 3.63) is 59.6 Å². The summed E-state index contributed by atoms with van der Waals surface area (Å²) < 4.78 is 5.27. The number of cyclic esters (lactones) is 1. The van der Waals surface area contributed by atoms with Gasteiger partial charge >= 0.3 is 12.1 Å². The fraction of sp³-hybridized carbons (Fsp3) is 0.176. The van der Waals surface area contributed by atoms with Crippen molar-refractivity contribution in [2.24, 2.45) is 0 Å². The van der Waals surface area contributed by atoms with Crippen LogP contribution in [0.5, 0.6) is 0 Å². The minimum Gasteiger partial charge on any atom is -0.442 e. The Hall–Kier alpha value is -2.73. The van der Waals surface area contributed by atoms with Crippen LogP contribution in [0.3, 0.4) is 0 Å². The predicted molar refractivity (Wildman–Crippen MR) is 92.5 cm³/mol. The quantitative estimate of drug-likeness (QED) is 0.891. The minimum atomic E-state index is -0.417. The second kappa shape index (κ2) is 7.23. The maximum atomic E-state index is 11.9. The Morgan fingerprint density at radius 1 is 1.17 bits per heavy atom. The van der Waals surface area contributed by atoms with E-state index in [4.69, 9.17) is 16.3 Å². The molecule has 0 aliphatic carbocycles. The summed E-state index contributed by atoms with van der Waals surface area (Å²) in [5.74, 6) is 0. The summed E-state index contributed by atoms with van der Waals surface area (Å²) in [6, 6.07) is 15.8. The molecular formula is C17H16ClN3O3. The number of urea groups is 1. The predicted octanol–water partition coefficient (Wildman–Crippen LogP) is 3.49. The molecule has 0 radical (unpaired) electrons. The molecule has 1 aliphatic rings. The molecule has 24 heavy (non-hydrogen) atoms. The summed E-state index contributed by atoms with van der Waals surface area (Å²) in [5, 5.41) is 5.79. The fourth-order valence-electron chi connectivity index (χ4n) is 2.38. The van der Waals surface area contributed by atoms with Crippen molar-refractivity contribution in [2.45, 2.75) is 6.10 Å². The molecule has 0 bridgehead atoms. The lowest BCUT2D eigenvalue weighted by Crippen LogP contribution is -2.37. The van der Waals surface area contributed by atoms with Crippen molar-refractivity contribution in [1.82, 2.24) is 5.32 Å². The van der Waals surface area contributed by atoms with Gasteiger partial charge in [0.05, 0.1) is 23.8 Å². The van der Waals surface area contributed by atoms with Crippen molar-refractivity contribution in [1.29, 1.82) is 0 Å². The second-order valence-electron chi connectivity index (χ2n) is 5.27. The number of hydrogen-bond donors (Lipinski definition) is 2. The van der Waals surface area contributed by atoms with E-state index >= 15 is 0 Å². The molecule has 1 saturated heterocycles. The minimum absolute atomic E-state index is 0.214. The highest BCUT2D eigenvalue weighted by molar-refractivity contribution is 6.33. The van der Waals surface area contributed by atoms with E-state index in [1.165, 1.54) is 4.90 Å². The van der Waals surface area contributed by atoms with Crippen molar-refractivity contribution < 1.29 is 14.3 Å². The maximum absolute atomic E-state index is 11.9. The third-order valence-corrected chi connectivity index (χ3v) is 3.88. The molecule has 1 aliphatic heterocycles. The summed E-state index contributed by atoms with van der Waals surface area (Å²) in [6.45, 7) is 0.598. The molecule has 2 aromatic carbocycles. The van der Waals surface area contributed by atoms with Gasteiger partial charge in [0.2, 0.25) is 0 Å². The summed E-state index contributed by atoms with van der Waals surface area (Å²) in [4.78, 5) is 25.4. The lowest BCUT2D eigenvalue weighted by Gasteiger charge is -2.13. The molecule has 0 unspecified atom stereocenters. The normalized spacial score (nSPS) is 16.6. The molecule has 3 rings (SSSR count). The summed E-state index contributed by atoms with van der Waals surface area (Å²) in [7, 11) is 0. The first-order valence-corrected chi connectivity index (χ1v) is 7.84. The number of carbonyl (C=O) groups is 2. The number of nitrogens with zero attached hydrogens (tertiary/aromatic N) is 1. The van der Waals surface area contributed by atoms with Crippen LogP contribution < -0.4 is 15.5 Å². The molecular weight excluding hydrogens is 330 g/mol. The van der Waals surface area contributed by atoms with E-state index in [-0.39, 0.29) is 6.54 Å². The van der Waals surface area contributed by atoms with Crippen molar-refractivity contribution in [3.63, 3.8) is 0 Å². The molecule has 3 amide bonds. The zero-order valence-corrected chi connectivity index (χ0v) is 13.5. The Morgan fingerprint density at radius 2 is 1.88 bits per heavy atom. The Morgan fingerprint density at radius 3 is 2.62 bits per heavy atom. The van der Waals surface area contributed by atoms with Crippen molar-refractivity contribution >= 4 is 35.1 Å². The summed E-state index contributed by atoms with van der Waals surface area (Å²) >= 11 is 5.98. The third kappa shape index (κ3) is 3.78. The van der Waals surface area contributed by atoms with E-state index in [1.807, 2.05) is 30.3 Å². The van der Waals surface area contributed by atoms with Gasteiger partial charge in [0, 0.05) is 5.69 Å². The molecule has 1 fully saturated rings. The van der Waals surface area contributed by atoms with Crippen LogP contribution in [-0.2, 0) is 4.74 Å². The number of hydrogen-bond acceptors (Lipinski definition) is 3. The highest BCUT2D eigenvalue weighted by Gasteiger charge is 2.32. The standard InChI is InChI=1S/C17H16ClN3O3/c18-14-8-4-5-9-15(14)20-16(22)19-10-13-11-21(17(23)24-13)12-6-2-1-3-7-12/h1-9,13H,10-11H2,(H2,19,20,22)/t13-/m0/s1. The monoisotopic (exact) mass is 345 g/mol. The highest BCUT2D eigenvalue weighted by atomic mass is 35.5. The van der Waals surface area contributed by atoms with Gasteiger partial charge in [-0.3, -0.25) is 4.90 Å². The van der Waals surface area contributed by atoms with Gasteiger partial charge in [-0.1, -0.05) is 41.9 Å². The van der Waals surface area contributed by atoms with E-state index in [1.54, 1.807) is 24.3 Å². The van der Waals surface area contributed by atoms with Gasteiger partial charge in [-0.15, -0.1) is 0 Å². The van der Waals surface area contributed by atoms with Crippen LogP contribution in [-0.4, -0.2) is 31.3 Å². The van der Waals surface area contributed by atoms with Gasteiger partial charge < -0.3 is 15.4 Å². The number of benzene rings is 2. The average molecular weight is 346 g/mol. The van der Waals surface area contributed by atoms with Crippen LogP contribution in [0.1, 0.15) is 0 Å². The van der Waals surface area contributed by atoms with Gasteiger partial charge in [0.15, 0.2) is 0 Å². The Kier molecular flexibility index (Phi) is 4.86. The Balaban J connectivity index is 1.52. The topological polar surface area (TPSA) is 70.7 Å². The zero-order valence-electron chi connectivity index (χ0n) is 12.7. The van der Waals surface area contributed by atoms with Gasteiger partial charge in [0.25, 0.3) is 0 Å². The summed E-state index contributed by atoms with van der Waals surface area (Å²) in [5.41, 5.74) is 1.29. The lowest BCUT2D eigenvalue weighted by molar-refractivity contribution is 0.141. The molecule has 0 spiro atoms. The van der Waals surface area contributed by atoms with Gasteiger partial charge in [0.1, 0.15) is 6.10 Å². The SMILES string of the molecule is O=C(NC[C@H]1CN(c2ccccc2)C(=O)O1)Nc1ccccc1Cl. The summed E-state index contributed by atoms with van der Waals surface area (Å²) in [6.07, 6.45) is -0.825. The van der Waals surface area contributed by atoms with Gasteiger partial charge in [-0.05, 0) is 24.3 Å². The van der Waals surface area contributed by atoms with Crippen LogP contribution in [0, 0.1) is 0 Å². The number of rotatable bonds is 4. The molecule has 1 heterocycles. The number of anilines is 2. The number of para-hydroxylation sites is 2. The molecule has 1 atom stereocenters. The lowest BCUT2D eigenvalue weighted by atomic mass is 10.3. The number of carbonyl (C=O) groups excluding carboxylic acids is 2. The van der Waals surface area contributed by atoms with Crippen molar-refractivity contribution in [2.75, 3.05) is 23.3 Å². The third-order valence-electron chi connectivity index (χ3n) is 3.55. The largest absolute Gasteiger partial charge is 0.442 e. The molecule has 0 aromatic heterocycles. The first-order chi connectivity index (χ1) is 11.6. The van der Waals surface area contributed by atoms with E-state index in [0.29, 0.717) is 17.3 Å². The molecule has 2 aromatic rings. The van der Waals surface area contributed by atoms with Crippen LogP contribution in [0.15, 0.2) is 54.6 Å². The number of nitrogens with one attached hydrogen (secondary N) is 2. The molecule has 0 saturated carbocycles. The van der Waals surface area contributed by atoms with Crippen LogP contribution in [0.25, 0.3) is 0 Å². The van der Waals surface area contributed by atoms with E-state index in [2.05, 4.69) is 10.6 Å². The molecule has 6 nitrogen and oxygen atoms in total. The average Bonchev–Trinajstić information content (AvgIpc) is 2.97. The van der Waals surface area contributed by atoms with Crippen LogP contribution in [0.2, 0.25) is 5.02 Å². The molecule has 2 N–H and O–H groups in total. The van der Waals surface area contributed by atoms with Crippen molar-refractivity contribution in [3.8, 4) is 0 Å². The first kappa shape index (κ1) is 16.1. The van der Waals surface area contributed by atoms with E-state index in [9.17, 15) is 9.59 Å². The number of amides is 3. The Bertz CT molecular complexity index is 739. The maximum Gasteiger partial charge on any atom is 0.414 e. The van der Waals surface area contributed by atoms with Gasteiger partial charge in [-0.2, -0.15) is 0 Å². The zero-order chi connectivity index (χ0) is 16.9. The smallest absolute Gasteiger partial charge is 0.414 e.